The molecule has 2 aromatic carbocycles. The van der Waals surface area contributed by atoms with Gasteiger partial charge in [-0.15, -0.1) is 0 Å². The molecule has 0 saturated carbocycles. The number of piperazine rings is 1. The summed E-state index contributed by atoms with van der Waals surface area (Å²) in [7, 11) is 1.60. The van der Waals surface area contributed by atoms with Gasteiger partial charge in [0.1, 0.15) is 5.75 Å². The second kappa shape index (κ2) is 7.94. The van der Waals surface area contributed by atoms with Crippen LogP contribution in [0.4, 0.5) is 5.95 Å². The molecule has 0 atom stereocenters. The largest absolute Gasteiger partial charge is 0.497 e. The Kier molecular flexibility index (Phi) is 5.21. The predicted molar refractivity (Wildman–Crippen MR) is 110 cm³/mol. The number of hydrogen-bond donors (Lipinski definition) is 0. The zero-order valence-corrected chi connectivity index (χ0v) is 16.3. The lowest BCUT2D eigenvalue weighted by Crippen LogP contribution is -2.49. The molecule has 0 bridgehead atoms. The van der Waals surface area contributed by atoms with Crippen LogP contribution in [0.25, 0.3) is 5.69 Å². The van der Waals surface area contributed by atoms with Crippen molar-refractivity contribution < 1.29 is 9.53 Å². The van der Waals surface area contributed by atoms with E-state index >= 15 is 0 Å². The van der Waals surface area contributed by atoms with Crippen LogP contribution in [0.1, 0.15) is 10.4 Å². The molecule has 1 aliphatic rings. The Morgan fingerprint density at radius 1 is 1.07 bits per heavy atom. The van der Waals surface area contributed by atoms with Crippen LogP contribution in [0.15, 0.2) is 60.9 Å². The second-order valence-electron chi connectivity index (χ2n) is 6.59. The van der Waals surface area contributed by atoms with Crippen molar-refractivity contribution in [1.82, 2.24) is 14.5 Å². The highest BCUT2D eigenvalue weighted by atomic mass is 35.5. The average molecular weight is 397 g/mol. The van der Waals surface area contributed by atoms with E-state index in [4.69, 9.17) is 16.3 Å². The van der Waals surface area contributed by atoms with E-state index in [0.29, 0.717) is 42.5 Å². The maximum Gasteiger partial charge on any atom is 0.254 e. The third kappa shape index (κ3) is 3.68. The fourth-order valence-corrected chi connectivity index (χ4v) is 3.59. The van der Waals surface area contributed by atoms with Crippen LogP contribution in [-0.4, -0.2) is 53.6 Å². The fourth-order valence-electron chi connectivity index (χ4n) is 3.41. The van der Waals surface area contributed by atoms with E-state index in [1.165, 1.54) is 0 Å². The summed E-state index contributed by atoms with van der Waals surface area (Å²) in [6.45, 7) is 2.71. The van der Waals surface area contributed by atoms with E-state index in [1.807, 2.05) is 58.1 Å². The second-order valence-corrected chi connectivity index (χ2v) is 7.02. The van der Waals surface area contributed by atoms with Gasteiger partial charge in [-0.2, -0.15) is 0 Å². The normalized spacial score (nSPS) is 14.2. The van der Waals surface area contributed by atoms with Gasteiger partial charge in [0.05, 0.1) is 7.11 Å². The first-order chi connectivity index (χ1) is 13.7. The molecule has 4 rings (SSSR count). The summed E-state index contributed by atoms with van der Waals surface area (Å²) in [5.41, 5.74) is 1.61. The zero-order valence-electron chi connectivity index (χ0n) is 15.6. The molecule has 0 spiro atoms. The van der Waals surface area contributed by atoms with E-state index in [1.54, 1.807) is 19.4 Å². The summed E-state index contributed by atoms with van der Waals surface area (Å²) >= 11 is 6.13. The van der Waals surface area contributed by atoms with Crippen LogP contribution in [-0.2, 0) is 0 Å². The fraction of sp³-hybridized carbons (Fsp3) is 0.238. The minimum absolute atomic E-state index is 0.0248. The van der Waals surface area contributed by atoms with Gasteiger partial charge >= 0.3 is 0 Å². The van der Waals surface area contributed by atoms with Gasteiger partial charge in [0.25, 0.3) is 5.91 Å². The number of benzene rings is 2. The number of anilines is 1. The maximum absolute atomic E-state index is 12.8. The van der Waals surface area contributed by atoms with Crippen LogP contribution in [0.2, 0.25) is 5.02 Å². The van der Waals surface area contributed by atoms with Crippen molar-refractivity contribution >= 4 is 23.5 Å². The Morgan fingerprint density at radius 3 is 2.61 bits per heavy atom. The third-order valence-corrected chi connectivity index (χ3v) is 5.11. The Bertz CT molecular complexity index is 980. The standard InChI is InChI=1S/C21H21ClN4O2/c1-28-19-7-2-4-16(14-19)20(27)24-10-12-25(13-11-24)21-23-8-9-26(21)18-6-3-5-17(22)15-18/h2-9,14-15H,10-13H2,1H3. The Balaban J connectivity index is 1.46. The van der Waals surface area contributed by atoms with Gasteiger partial charge < -0.3 is 14.5 Å². The highest BCUT2D eigenvalue weighted by Gasteiger charge is 2.24. The molecular formula is C21H21ClN4O2. The maximum atomic E-state index is 12.8. The van der Waals surface area contributed by atoms with Gasteiger partial charge in [-0.05, 0) is 36.4 Å². The molecule has 3 aromatic rings. The number of ether oxygens (including phenoxy) is 1. The van der Waals surface area contributed by atoms with Crippen molar-refractivity contribution in [3.05, 3.63) is 71.5 Å². The van der Waals surface area contributed by atoms with Crippen molar-refractivity contribution in [2.75, 3.05) is 38.2 Å². The summed E-state index contributed by atoms with van der Waals surface area (Å²) < 4.78 is 7.24. The van der Waals surface area contributed by atoms with E-state index in [0.717, 1.165) is 11.6 Å². The van der Waals surface area contributed by atoms with Gasteiger partial charge in [-0.1, -0.05) is 23.7 Å². The summed E-state index contributed by atoms with van der Waals surface area (Å²) in [5.74, 6) is 1.57. The Morgan fingerprint density at radius 2 is 1.86 bits per heavy atom. The summed E-state index contributed by atoms with van der Waals surface area (Å²) in [4.78, 5) is 21.4. The number of imidazole rings is 1. The van der Waals surface area contributed by atoms with E-state index in [2.05, 4.69) is 9.88 Å². The van der Waals surface area contributed by atoms with E-state index in [9.17, 15) is 4.79 Å². The van der Waals surface area contributed by atoms with Crippen molar-refractivity contribution in [3.63, 3.8) is 0 Å². The molecule has 0 N–H and O–H groups in total. The molecule has 1 aromatic heterocycles. The summed E-state index contributed by atoms with van der Waals surface area (Å²) in [5, 5.41) is 0.686. The smallest absolute Gasteiger partial charge is 0.254 e. The molecule has 1 saturated heterocycles. The average Bonchev–Trinajstić information content (AvgIpc) is 3.23. The highest BCUT2D eigenvalue weighted by Crippen LogP contribution is 2.23. The van der Waals surface area contributed by atoms with Gasteiger partial charge in [0.15, 0.2) is 0 Å². The number of halogens is 1. The van der Waals surface area contributed by atoms with Gasteiger partial charge in [-0.25, -0.2) is 4.98 Å². The minimum atomic E-state index is 0.0248. The molecule has 1 fully saturated rings. The molecular weight excluding hydrogens is 376 g/mol. The topological polar surface area (TPSA) is 50.6 Å². The molecule has 2 heterocycles. The number of rotatable bonds is 4. The van der Waals surface area contributed by atoms with Gasteiger partial charge in [-0.3, -0.25) is 9.36 Å². The minimum Gasteiger partial charge on any atom is -0.497 e. The summed E-state index contributed by atoms with van der Waals surface area (Å²) in [6.07, 6.45) is 3.71. The molecule has 1 aliphatic heterocycles. The monoisotopic (exact) mass is 396 g/mol. The van der Waals surface area contributed by atoms with Crippen LogP contribution in [0.5, 0.6) is 5.75 Å². The lowest BCUT2D eigenvalue weighted by Gasteiger charge is -2.35. The number of aromatic nitrogens is 2. The van der Waals surface area contributed by atoms with Crippen LogP contribution in [0, 0.1) is 0 Å². The number of hydrogen-bond acceptors (Lipinski definition) is 4. The predicted octanol–water partition coefficient (Wildman–Crippen LogP) is 3.50. The molecule has 1 amide bonds. The Labute approximate surface area is 168 Å². The quantitative estimate of drug-likeness (QED) is 0.677. The summed E-state index contributed by atoms with van der Waals surface area (Å²) in [6, 6.07) is 15.0. The molecule has 144 valence electrons. The van der Waals surface area contributed by atoms with Crippen molar-refractivity contribution in [3.8, 4) is 11.4 Å². The lowest BCUT2D eigenvalue weighted by atomic mass is 10.1. The molecule has 28 heavy (non-hydrogen) atoms. The van der Waals surface area contributed by atoms with Crippen molar-refractivity contribution in [1.29, 1.82) is 0 Å². The van der Waals surface area contributed by atoms with E-state index < -0.39 is 0 Å². The number of amides is 1. The van der Waals surface area contributed by atoms with Gasteiger partial charge in [0.2, 0.25) is 5.95 Å². The first-order valence-electron chi connectivity index (χ1n) is 9.13. The highest BCUT2D eigenvalue weighted by molar-refractivity contribution is 6.30. The Hall–Kier alpha value is -2.99. The number of nitrogens with zero attached hydrogens (tertiary/aromatic N) is 4. The molecule has 7 heteroatoms. The lowest BCUT2D eigenvalue weighted by molar-refractivity contribution is 0.0746. The molecule has 6 nitrogen and oxygen atoms in total. The van der Waals surface area contributed by atoms with Crippen molar-refractivity contribution in [2.24, 2.45) is 0 Å². The number of methoxy groups -OCH3 is 1. The SMILES string of the molecule is COc1cccc(C(=O)N2CCN(c3nccn3-c3cccc(Cl)c3)CC2)c1. The van der Waals surface area contributed by atoms with Crippen LogP contribution in [0.3, 0.4) is 0 Å². The van der Waals surface area contributed by atoms with Gasteiger partial charge in [0, 0.05) is 54.8 Å². The first kappa shape index (κ1) is 18.4. The number of carbonyl (C=O) groups is 1. The first-order valence-corrected chi connectivity index (χ1v) is 9.51. The molecule has 0 radical (unpaired) electrons. The third-order valence-electron chi connectivity index (χ3n) is 4.87. The zero-order chi connectivity index (χ0) is 19.5. The number of carbonyl (C=O) groups excluding carboxylic acids is 1. The van der Waals surface area contributed by atoms with E-state index in [-0.39, 0.29) is 5.91 Å². The van der Waals surface area contributed by atoms with Crippen LogP contribution < -0.4 is 9.64 Å². The molecule has 0 unspecified atom stereocenters. The van der Waals surface area contributed by atoms with Crippen molar-refractivity contribution in [2.45, 2.75) is 0 Å². The van der Waals surface area contributed by atoms with Crippen LogP contribution >= 0.6 is 11.6 Å². The molecule has 0 aliphatic carbocycles.